The number of rotatable bonds is 4. The monoisotopic (exact) mass is 175 g/mol. The molecule has 1 fully saturated rings. The molecular weight excluding hydrogens is 162 g/mol. The molecule has 11 heavy (non-hydrogen) atoms. The van der Waals surface area contributed by atoms with Crippen LogP contribution in [0.1, 0.15) is 25.7 Å². The van der Waals surface area contributed by atoms with Gasteiger partial charge < -0.3 is 5.32 Å². The van der Waals surface area contributed by atoms with E-state index >= 15 is 0 Å². The van der Waals surface area contributed by atoms with Crippen molar-refractivity contribution in [3.8, 4) is 0 Å². The summed E-state index contributed by atoms with van der Waals surface area (Å²) in [4.78, 5) is 11.0. The molecule has 0 radical (unpaired) electrons. The van der Waals surface area contributed by atoms with Crippen LogP contribution in [0.2, 0.25) is 0 Å². The Balaban J connectivity index is 2.00. The van der Waals surface area contributed by atoms with Crippen molar-refractivity contribution in [1.29, 1.82) is 0 Å². The van der Waals surface area contributed by atoms with Gasteiger partial charge in [-0.3, -0.25) is 4.79 Å². The number of halogens is 1. The highest BCUT2D eigenvalue weighted by molar-refractivity contribution is 6.18. The average molecular weight is 176 g/mol. The maximum absolute atomic E-state index is 11.0. The third-order valence-electron chi connectivity index (χ3n) is 2.12. The molecule has 1 amide bonds. The first-order chi connectivity index (χ1) is 5.33. The van der Waals surface area contributed by atoms with Crippen molar-refractivity contribution in [3.05, 3.63) is 0 Å². The van der Waals surface area contributed by atoms with Gasteiger partial charge in [0.1, 0.15) is 0 Å². The molecule has 0 spiro atoms. The van der Waals surface area contributed by atoms with Gasteiger partial charge in [0.05, 0.1) is 0 Å². The lowest BCUT2D eigenvalue weighted by Gasteiger charge is -2.24. The van der Waals surface area contributed by atoms with E-state index in [1.165, 1.54) is 19.3 Å². The fraction of sp³-hybridized carbons (Fsp3) is 0.875. The van der Waals surface area contributed by atoms with Gasteiger partial charge in [-0.2, -0.15) is 0 Å². The molecule has 0 atom stereocenters. The molecule has 0 aromatic rings. The molecule has 1 aliphatic carbocycles. The number of carbonyl (C=O) groups excluding carboxylic acids is 1. The maximum atomic E-state index is 11.0. The molecular formula is C8H14ClNO. The molecule has 1 aliphatic rings. The van der Waals surface area contributed by atoms with Crippen LogP contribution in [0.4, 0.5) is 0 Å². The Hall–Kier alpha value is -0.240. The largest absolute Gasteiger partial charge is 0.355 e. The fourth-order valence-corrected chi connectivity index (χ4v) is 1.31. The van der Waals surface area contributed by atoms with Gasteiger partial charge in [0, 0.05) is 18.8 Å². The number of alkyl halides is 1. The zero-order chi connectivity index (χ0) is 8.10. The Morgan fingerprint density at radius 2 is 2.27 bits per heavy atom. The summed E-state index contributed by atoms with van der Waals surface area (Å²) >= 11 is 5.42. The van der Waals surface area contributed by atoms with Crippen LogP contribution >= 0.6 is 11.6 Å². The predicted molar refractivity (Wildman–Crippen MR) is 45.7 cm³/mol. The number of hydrogen-bond acceptors (Lipinski definition) is 1. The highest BCUT2D eigenvalue weighted by Gasteiger charge is 2.19. The summed E-state index contributed by atoms with van der Waals surface area (Å²) in [6.45, 7) is 0.604. The minimum absolute atomic E-state index is 0.162. The van der Waals surface area contributed by atoms with E-state index in [0.29, 0.717) is 24.8 Å². The first kappa shape index (κ1) is 8.85. The Labute approximate surface area is 72.3 Å². The molecule has 0 aliphatic heterocycles. The Kier molecular flexibility index (Phi) is 3.70. The molecule has 1 N–H and O–H groups in total. The zero-order valence-corrected chi connectivity index (χ0v) is 7.36. The van der Waals surface area contributed by atoms with Crippen LogP contribution in [-0.4, -0.2) is 18.3 Å². The Bertz CT molecular complexity index is 134. The van der Waals surface area contributed by atoms with E-state index in [4.69, 9.17) is 11.6 Å². The van der Waals surface area contributed by atoms with Crippen molar-refractivity contribution in [2.45, 2.75) is 25.7 Å². The minimum atomic E-state index is 0.162. The van der Waals surface area contributed by atoms with Crippen molar-refractivity contribution in [2.75, 3.05) is 12.4 Å². The highest BCUT2D eigenvalue weighted by Crippen LogP contribution is 2.28. The number of amides is 1. The van der Waals surface area contributed by atoms with Gasteiger partial charge in [0.2, 0.25) is 5.91 Å². The van der Waals surface area contributed by atoms with Gasteiger partial charge in [-0.25, -0.2) is 0 Å². The van der Waals surface area contributed by atoms with Crippen molar-refractivity contribution < 1.29 is 4.79 Å². The zero-order valence-electron chi connectivity index (χ0n) is 6.61. The SMILES string of the molecule is O=C(CC1CCC1)NCCCl. The third-order valence-corrected chi connectivity index (χ3v) is 2.30. The molecule has 2 nitrogen and oxygen atoms in total. The summed E-state index contributed by atoms with van der Waals surface area (Å²) in [7, 11) is 0. The molecule has 0 saturated heterocycles. The summed E-state index contributed by atoms with van der Waals surface area (Å²) in [5.41, 5.74) is 0. The first-order valence-electron chi connectivity index (χ1n) is 4.15. The predicted octanol–water partition coefficient (Wildman–Crippen LogP) is 1.53. The summed E-state index contributed by atoms with van der Waals surface area (Å²) in [6, 6.07) is 0. The van der Waals surface area contributed by atoms with Gasteiger partial charge in [-0.1, -0.05) is 6.42 Å². The smallest absolute Gasteiger partial charge is 0.220 e. The van der Waals surface area contributed by atoms with Crippen molar-refractivity contribution >= 4 is 17.5 Å². The quantitative estimate of drug-likeness (QED) is 0.646. The lowest BCUT2D eigenvalue weighted by atomic mass is 9.83. The Morgan fingerprint density at radius 1 is 1.55 bits per heavy atom. The van der Waals surface area contributed by atoms with E-state index < -0.39 is 0 Å². The van der Waals surface area contributed by atoms with E-state index in [-0.39, 0.29) is 5.91 Å². The second-order valence-corrected chi connectivity index (χ2v) is 3.42. The van der Waals surface area contributed by atoms with Crippen LogP contribution in [0.25, 0.3) is 0 Å². The summed E-state index contributed by atoms with van der Waals surface area (Å²) in [6.07, 6.45) is 4.47. The maximum Gasteiger partial charge on any atom is 0.220 e. The number of nitrogens with one attached hydrogen (secondary N) is 1. The average Bonchev–Trinajstić information content (AvgIpc) is 1.93. The van der Waals surface area contributed by atoms with Gasteiger partial charge in [-0.05, 0) is 18.8 Å². The molecule has 0 aromatic carbocycles. The lowest BCUT2D eigenvalue weighted by molar-refractivity contribution is -0.122. The van der Waals surface area contributed by atoms with Gasteiger partial charge in [0.25, 0.3) is 0 Å². The first-order valence-corrected chi connectivity index (χ1v) is 4.69. The molecule has 0 unspecified atom stereocenters. The normalized spacial score (nSPS) is 17.5. The van der Waals surface area contributed by atoms with Crippen molar-refractivity contribution in [3.63, 3.8) is 0 Å². The van der Waals surface area contributed by atoms with E-state index in [1.54, 1.807) is 0 Å². The van der Waals surface area contributed by atoms with E-state index in [9.17, 15) is 4.79 Å². The second kappa shape index (κ2) is 4.60. The van der Waals surface area contributed by atoms with Gasteiger partial charge in [-0.15, -0.1) is 11.6 Å². The molecule has 1 saturated carbocycles. The standard InChI is InChI=1S/C8H14ClNO/c9-4-5-10-8(11)6-7-2-1-3-7/h7H,1-6H2,(H,10,11). The molecule has 0 bridgehead atoms. The van der Waals surface area contributed by atoms with E-state index in [1.807, 2.05) is 0 Å². The van der Waals surface area contributed by atoms with Crippen LogP contribution in [0, 0.1) is 5.92 Å². The van der Waals surface area contributed by atoms with Crippen molar-refractivity contribution in [2.24, 2.45) is 5.92 Å². The van der Waals surface area contributed by atoms with Crippen LogP contribution in [0.3, 0.4) is 0 Å². The second-order valence-electron chi connectivity index (χ2n) is 3.04. The van der Waals surface area contributed by atoms with Gasteiger partial charge >= 0.3 is 0 Å². The molecule has 3 heteroatoms. The molecule has 0 aromatic heterocycles. The van der Waals surface area contributed by atoms with E-state index in [0.717, 1.165) is 0 Å². The number of hydrogen-bond donors (Lipinski definition) is 1. The van der Waals surface area contributed by atoms with Crippen LogP contribution in [-0.2, 0) is 4.79 Å². The topological polar surface area (TPSA) is 29.1 Å². The Morgan fingerprint density at radius 3 is 2.73 bits per heavy atom. The summed E-state index contributed by atoms with van der Waals surface area (Å²) in [5.74, 6) is 1.33. The molecule has 0 heterocycles. The summed E-state index contributed by atoms with van der Waals surface area (Å²) < 4.78 is 0. The van der Waals surface area contributed by atoms with E-state index in [2.05, 4.69) is 5.32 Å². The minimum Gasteiger partial charge on any atom is -0.355 e. The van der Waals surface area contributed by atoms with Gasteiger partial charge in [0.15, 0.2) is 0 Å². The lowest BCUT2D eigenvalue weighted by Crippen LogP contribution is -2.29. The van der Waals surface area contributed by atoms with Crippen LogP contribution in [0.5, 0.6) is 0 Å². The van der Waals surface area contributed by atoms with Crippen LogP contribution < -0.4 is 5.32 Å². The van der Waals surface area contributed by atoms with Crippen LogP contribution in [0.15, 0.2) is 0 Å². The molecule has 64 valence electrons. The fourth-order valence-electron chi connectivity index (χ4n) is 1.22. The number of carbonyl (C=O) groups is 1. The summed E-state index contributed by atoms with van der Waals surface area (Å²) in [5, 5.41) is 2.76. The molecule has 1 rings (SSSR count). The van der Waals surface area contributed by atoms with Crippen molar-refractivity contribution in [1.82, 2.24) is 5.32 Å². The third kappa shape index (κ3) is 3.10. The highest BCUT2D eigenvalue weighted by atomic mass is 35.5.